The highest BCUT2D eigenvalue weighted by Crippen LogP contribution is 2.33. The van der Waals surface area contributed by atoms with Crippen molar-refractivity contribution in [1.82, 2.24) is 5.32 Å². The molecular weight excluding hydrogens is 541 g/mol. The van der Waals surface area contributed by atoms with Crippen LogP contribution in [0.25, 0.3) is 0 Å². The van der Waals surface area contributed by atoms with E-state index in [0.29, 0.717) is 36.0 Å². The number of hydrogen-bond acceptors (Lipinski definition) is 7. The normalized spacial score (nSPS) is 11.2. The van der Waals surface area contributed by atoms with Crippen molar-refractivity contribution in [3.8, 4) is 23.3 Å². The zero-order chi connectivity index (χ0) is 28.2. The number of ether oxygens (including phenoxy) is 3. The molecule has 7 nitrogen and oxygen atoms in total. The number of methoxy groups -OCH3 is 2. The summed E-state index contributed by atoms with van der Waals surface area (Å²) in [7, 11) is 3.11. The first kappa shape index (κ1) is 29.7. The number of benzene rings is 3. The zero-order valence-corrected chi connectivity index (χ0v) is 23.4. The Kier molecular flexibility index (Phi) is 11.3. The van der Waals surface area contributed by atoms with Crippen LogP contribution in [0, 0.1) is 17.1 Å². The summed E-state index contributed by atoms with van der Waals surface area (Å²) in [6.45, 7) is 2.55. The van der Waals surface area contributed by atoms with Gasteiger partial charge in [0.2, 0.25) is 0 Å². The molecule has 0 spiro atoms. The Morgan fingerprint density at radius 2 is 1.82 bits per heavy atom. The van der Waals surface area contributed by atoms with Crippen molar-refractivity contribution in [3.05, 3.63) is 93.2 Å². The summed E-state index contributed by atoms with van der Waals surface area (Å²) < 4.78 is 30.7. The summed E-state index contributed by atoms with van der Waals surface area (Å²) >= 11 is 7.31. The number of nitrogens with zero attached hydrogens (tertiary/aromatic N) is 1. The molecule has 0 bridgehead atoms. The van der Waals surface area contributed by atoms with Crippen molar-refractivity contribution < 1.29 is 23.4 Å². The maximum Gasteiger partial charge on any atom is 0.264 e. The number of rotatable bonds is 13. The zero-order valence-electron chi connectivity index (χ0n) is 21.8. The van der Waals surface area contributed by atoms with Gasteiger partial charge in [-0.15, -0.1) is 11.8 Å². The number of halogens is 2. The monoisotopic (exact) mass is 569 g/mol. The van der Waals surface area contributed by atoms with Gasteiger partial charge in [-0.2, -0.15) is 5.26 Å². The van der Waals surface area contributed by atoms with Crippen LogP contribution in [0.4, 0.5) is 10.1 Å². The molecule has 3 rings (SSSR count). The van der Waals surface area contributed by atoms with Gasteiger partial charge in [0.1, 0.15) is 23.2 Å². The predicted octanol–water partition coefficient (Wildman–Crippen LogP) is 6.33. The lowest BCUT2D eigenvalue weighted by Crippen LogP contribution is -2.28. The lowest BCUT2D eigenvalue weighted by Gasteiger charge is -2.17. The molecule has 0 fully saturated rings. The molecule has 0 atom stereocenters. The van der Waals surface area contributed by atoms with Crippen LogP contribution in [0.15, 0.2) is 71.3 Å². The number of para-hydroxylation sites is 2. The topological polar surface area (TPSA) is 92.6 Å². The number of anilines is 1. The van der Waals surface area contributed by atoms with Crippen LogP contribution in [-0.2, 0) is 17.0 Å². The van der Waals surface area contributed by atoms with Crippen LogP contribution in [0.1, 0.15) is 18.1 Å². The fourth-order valence-corrected chi connectivity index (χ4v) is 4.96. The third kappa shape index (κ3) is 8.06. The van der Waals surface area contributed by atoms with Crippen LogP contribution in [-0.4, -0.2) is 33.3 Å². The fourth-order valence-electron chi connectivity index (χ4n) is 3.61. The van der Waals surface area contributed by atoms with E-state index >= 15 is 0 Å². The second-order valence-corrected chi connectivity index (χ2v) is 9.45. The molecule has 2 N–H and O–H groups in total. The van der Waals surface area contributed by atoms with Crippen molar-refractivity contribution in [3.63, 3.8) is 0 Å². The number of thioether (sulfide) groups is 1. The number of nitriles is 1. The molecule has 0 radical (unpaired) electrons. The van der Waals surface area contributed by atoms with Gasteiger partial charge in [0.15, 0.2) is 11.5 Å². The number of carbonyl (C=O) groups excluding carboxylic acids is 1. The third-order valence-electron chi connectivity index (χ3n) is 5.57. The lowest BCUT2D eigenvalue weighted by atomic mass is 10.1. The van der Waals surface area contributed by atoms with Gasteiger partial charge in [-0.1, -0.05) is 35.9 Å². The van der Waals surface area contributed by atoms with Crippen LogP contribution in [0.5, 0.6) is 17.2 Å². The number of nitrogens with one attached hydrogen (secondary N) is 2. The second-order valence-electron chi connectivity index (χ2n) is 8.05. The average Bonchev–Trinajstić information content (AvgIpc) is 2.94. The van der Waals surface area contributed by atoms with Crippen LogP contribution >= 0.6 is 23.4 Å². The van der Waals surface area contributed by atoms with E-state index in [-0.39, 0.29) is 33.5 Å². The minimum Gasteiger partial charge on any atom is -0.493 e. The molecule has 0 saturated carbocycles. The van der Waals surface area contributed by atoms with Gasteiger partial charge in [0.05, 0.1) is 31.5 Å². The molecular formula is C29H29ClFN3O4S. The van der Waals surface area contributed by atoms with Gasteiger partial charge in [0, 0.05) is 22.9 Å². The van der Waals surface area contributed by atoms with E-state index in [4.69, 9.17) is 25.8 Å². The molecule has 0 unspecified atom stereocenters. The Balaban J connectivity index is 1.84. The molecule has 3 aromatic carbocycles. The van der Waals surface area contributed by atoms with Crippen molar-refractivity contribution in [2.75, 3.05) is 32.7 Å². The number of amides is 1. The Labute approximate surface area is 236 Å². The molecule has 0 heterocycles. The van der Waals surface area contributed by atoms with Crippen LogP contribution < -0.4 is 24.8 Å². The highest BCUT2D eigenvalue weighted by molar-refractivity contribution is 8.02. The average molecular weight is 570 g/mol. The summed E-state index contributed by atoms with van der Waals surface area (Å²) in [6.07, 6.45) is 0.499. The van der Waals surface area contributed by atoms with Crippen molar-refractivity contribution in [2.24, 2.45) is 0 Å². The maximum absolute atomic E-state index is 14.4. The minimum atomic E-state index is -0.568. The summed E-state index contributed by atoms with van der Waals surface area (Å²) in [6, 6.07) is 19.1. The van der Waals surface area contributed by atoms with Crippen molar-refractivity contribution in [1.29, 1.82) is 5.26 Å². The largest absolute Gasteiger partial charge is 0.493 e. The molecule has 0 aliphatic carbocycles. The molecule has 0 saturated heterocycles. The smallest absolute Gasteiger partial charge is 0.264 e. The van der Waals surface area contributed by atoms with E-state index in [2.05, 4.69) is 10.6 Å². The van der Waals surface area contributed by atoms with E-state index in [9.17, 15) is 14.4 Å². The summed E-state index contributed by atoms with van der Waals surface area (Å²) in [5.74, 6) is 0.794. The van der Waals surface area contributed by atoms with E-state index < -0.39 is 11.7 Å². The highest BCUT2D eigenvalue weighted by Gasteiger charge is 2.19. The number of carbonyl (C=O) groups is 1. The molecule has 3 aromatic rings. The minimum absolute atomic E-state index is 0.0920. The first-order valence-electron chi connectivity index (χ1n) is 12.1. The van der Waals surface area contributed by atoms with Gasteiger partial charge in [0.25, 0.3) is 5.91 Å². The summed E-state index contributed by atoms with van der Waals surface area (Å²) in [4.78, 5) is 13.2. The maximum atomic E-state index is 14.4. The van der Waals surface area contributed by atoms with Gasteiger partial charge in [-0.25, -0.2) is 4.39 Å². The standard InChI is InChI=1S/C29H29ClFN3O4S/c1-4-38-25-11-6-5-10-24(25)34-29(39-18-21-22(30)8-7-9-23(21)31)20(17-32)28(35)33-15-14-19-12-13-26(36-2)27(16-19)37-3/h5-13,16,34H,4,14-15,18H2,1-3H3,(H,33,35)/b29-20+. The van der Waals surface area contributed by atoms with Crippen molar-refractivity contribution >= 4 is 35.0 Å². The molecule has 10 heteroatoms. The van der Waals surface area contributed by atoms with Gasteiger partial charge in [-0.05, 0) is 55.3 Å². The second kappa shape index (κ2) is 14.9. The van der Waals surface area contributed by atoms with Gasteiger partial charge >= 0.3 is 0 Å². The van der Waals surface area contributed by atoms with Gasteiger partial charge in [-0.3, -0.25) is 4.79 Å². The number of hydrogen-bond donors (Lipinski definition) is 2. The van der Waals surface area contributed by atoms with E-state index in [1.54, 1.807) is 44.6 Å². The Morgan fingerprint density at radius 1 is 1.05 bits per heavy atom. The molecule has 0 aliphatic heterocycles. The first-order valence-corrected chi connectivity index (χ1v) is 13.5. The van der Waals surface area contributed by atoms with Gasteiger partial charge < -0.3 is 24.8 Å². The quantitative estimate of drug-likeness (QED) is 0.183. The summed E-state index contributed by atoms with van der Waals surface area (Å²) in [5.41, 5.74) is 1.61. The Hall–Kier alpha value is -3.87. The Morgan fingerprint density at radius 3 is 2.51 bits per heavy atom. The van der Waals surface area contributed by atoms with E-state index in [1.165, 1.54) is 12.1 Å². The summed E-state index contributed by atoms with van der Waals surface area (Å²) in [5, 5.41) is 16.4. The molecule has 1 amide bonds. The third-order valence-corrected chi connectivity index (χ3v) is 6.95. The van der Waals surface area contributed by atoms with Crippen molar-refractivity contribution in [2.45, 2.75) is 19.1 Å². The molecule has 204 valence electrons. The molecule has 39 heavy (non-hydrogen) atoms. The fraction of sp³-hybridized carbons (Fsp3) is 0.241. The highest BCUT2D eigenvalue weighted by atomic mass is 35.5. The predicted molar refractivity (Wildman–Crippen MR) is 153 cm³/mol. The SMILES string of the molecule is CCOc1ccccc1N/C(SCc1c(F)cccc1Cl)=C(/C#N)C(=O)NCCc1ccc(OC)c(OC)c1. The van der Waals surface area contributed by atoms with Crippen LogP contribution in [0.2, 0.25) is 5.02 Å². The molecule has 0 aliphatic rings. The Bertz CT molecular complexity index is 1360. The molecule has 0 aromatic heterocycles. The van der Waals surface area contributed by atoms with E-state index in [1.807, 2.05) is 31.2 Å². The van der Waals surface area contributed by atoms with E-state index in [0.717, 1.165) is 17.3 Å². The lowest BCUT2D eigenvalue weighted by molar-refractivity contribution is -0.117. The van der Waals surface area contributed by atoms with Crippen LogP contribution in [0.3, 0.4) is 0 Å². The first-order chi connectivity index (χ1) is 18.9.